The number of likely N-dealkylation sites (N-methyl/N-ethyl adjacent to an activating group) is 1. The molecule has 1 aliphatic heterocycles. The van der Waals surface area contributed by atoms with Crippen LogP contribution in [0.25, 0.3) is 0 Å². The van der Waals surface area contributed by atoms with E-state index < -0.39 is 0 Å². The van der Waals surface area contributed by atoms with Crippen molar-refractivity contribution in [2.24, 2.45) is 0 Å². The third kappa shape index (κ3) is 3.84. The molecule has 2 aromatic heterocycles. The van der Waals surface area contributed by atoms with E-state index >= 15 is 0 Å². The number of hydrogen-bond acceptors (Lipinski definition) is 5. The number of aromatic nitrogens is 1. The maximum atomic E-state index is 12.1. The van der Waals surface area contributed by atoms with Crippen molar-refractivity contribution >= 4 is 62.0 Å². The van der Waals surface area contributed by atoms with Crippen LogP contribution in [0.1, 0.15) is 27.2 Å². The van der Waals surface area contributed by atoms with E-state index in [0.29, 0.717) is 10.0 Å². The van der Waals surface area contributed by atoms with Crippen LogP contribution in [-0.2, 0) is 13.0 Å². The molecule has 0 fully saturated rings. The molecule has 0 radical (unpaired) electrons. The quantitative estimate of drug-likeness (QED) is 0.834. The van der Waals surface area contributed by atoms with Crippen molar-refractivity contribution < 1.29 is 4.79 Å². The van der Waals surface area contributed by atoms with Gasteiger partial charge in [0.25, 0.3) is 5.91 Å². The van der Waals surface area contributed by atoms with E-state index in [1.54, 1.807) is 11.3 Å². The number of nitrogens with zero attached hydrogens (tertiary/aromatic N) is 2. The Bertz CT molecular complexity index is 643. The van der Waals surface area contributed by atoms with E-state index in [1.165, 1.54) is 16.2 Å². The standard InChI is InChI=1S/C13H14BrN3OS2.ClH/c1-2-17-6-5-8-10(7-17)20-13(15-8)16-12(18)9-3-4-11(14)19-9;/h3-4H,2,5-7H2,1H3,(H,15,16,18);1H. The fourth-order valence-corrected chi connectivity index (χ4v) is 4.49. The molecule has 8 heteroatoms. The van der Waals surface area contributed by atoms with Crippen molar-refractivity contribution in [3.05, 3.63) is 31.4 Å². The molecular formula is C13H15BrClN3OS2. The minimum atomic E-state index is -0.0841. The Morgan fingerprint density at radius 2 is 2.29 bits per heavy atom. The zero-order valence-electron chi connectivity index (χ0n) is 11.4. The highest BCUT2D eigenvalue weighted by Crippen LogP contribution is 2.29. The van der Waals surface area contributed by atoms with Crippen molar-refractivity contribution in [1.29, 1.82) is 0 Å². The Morgan fingerprint density at radius 3 is 2.95 bits per heavy atom. The molecule has 0 bridgehead atoms. The fraction of sp³-hybridized carbons (Fsp3) is 0.385. The SMILES string of the molecule is CCN1CCc2nc(NC(=O)c3ccc(Br)s3)sc2C1.Cl. The van der Waals surface area contributed by atoms with Gasteiger partial charge in [0.15, 0.2) is 5.13 Å². The minimum absolute atomic E-state index is 0. The van der Waals surface area contributed by atoms with Crippen LogP contribution in [0, 0.1) is 0 Å². The van der Waals surface area contributed by atoms with Gasteiger partial charge in [-0.15, -0.1) is 35.1 Å². The van der Waals surface area contributed by atoms with Gasteiger partial charge >= 0.3 is 0 Å². The number of amides is 1. The molecule has 3 heterocycles. The first-order valence-corrected chi connectivity index (χ1v) is 8.86. The lowest BCUT2D eigenvalue weighted by atomic mass is 10.2. The van der Waals surface area contributed by atoms with E-state index in [4.69, 9.17) is 0 Å². The van der Waals surface area contributed by atoms with Crippen LogP contribution in [0.3, 0.4) is 0 Å². The molecule has 4 nitrogen and oxygen atoms in total. The summed E-state index contributed by atoms with van der Waals surface area (Å²) in [5.41, 5.74) is 1.14. The number of hydrogen-bond donors (Lipinski definition) is 1. The number of rotatable bonds is 3. The van der Waals surface area contributed by atoms with Crippen molar-refractivity contribution in [2.75, 3.05) is 18.4 Å². The number of anilines is 1. The summed E-state index contributed by atoms with van der Waals surface area (Å²) in [6.07, 6.45) is 0.972. The van der Waals surface area contributed by atoms with Crippen LogP contribution in [0.4, 0.5) is 5.13 Å². The molecule has 0 unspecified atom stereocenters. The van der Waals surface area contributed by atoms with Gasteiger partial charge in [-0.2, -0.15) is 0 Å². The zero-order valence-corrected chi connectivity index (χ0v) is 15.4. The molecule has 1 amide bonds. The predicted octanol–water partition coefficient (Wildman–Crippen LogP) is 4.02. The van der Waals surface area contributed by atoms with Gasteiger partial charge in [0.05, 0.1) is 14.4 Å². The Morgan fingerprint density at radius 1 is 1.48 bits per heavy atom. The number of carbonyl (C=O) groups excluding carboxylic acids is 1. The minimum Gasteiger partial charge on any atom is -0.298 e. The molecule has 1 N–H and O–H groups in total. The van der Waals surface area contributed by atoms with E-state index in [2.05, 4.69) is 38.1 Å². The number of carbonyl (C=O) groups is 1. The normalized spacial score (nSPS) is 14.4. The summed E-state index contributed by atoms with van der Waals surface area (Å²) in [5, 5.41) is 3.61. The molecule has 1 aliphatic rings. The molecule has 3 rings (SSSR count). The first kappa shape index (κ1) is 16.9. The monoisotopic (exact) mass is 407 g/mol. The number of nitrogens with one attached hydrogen (secondary N) is 1. The van der Waals surface area contributed by atoms with Gasteiger partial charge in [-0.1, -0.05) is 6.92 Å². The number of halogens is 2. The highest BCUT2D eigenvalue weighted by atomic mass is 79.9. The van der Waals surface area contributed by atoms with Gasteiger partial charge in [0, 0.05) is 24.4 Å². The summed E-state index contributed by atoms with van der Waals surface area (Å²) in [5.74, 6) is -0.0841. The summed E-state index contributed by atoms with van der Waals surface area (Å²) in [4.78, 5) is 21.0. The fourth-order valence-electron chi connectivity index (χ4n) is 2.17. The number of fused-ring (bicyclic) bond motifs is 1. The zero-order chi connectivity index (χ0) is 14.1. The smallest absolute Gasteiger partial charge is 0.267 e. The van der Waals surface area contributed by atoms with Crippen molar-refractivity contribution in [3.63, 3.8) is 0 Å². The highest BCUT2D eigenvalue weighted by molar-refractivity contribution is 9.11. The van der Waals surface area contributed by atoms with E-state index in [-0.39, 0.29) is 18.3 Å². The molecule has 0 aromatic carbocycles. The summed E-state index contributed by atoms with van der Waals surface area (Å²) in [7, 11) is 0. The lowest BCUT2D eigenvalue weighted by molar-refractivity contribution is 0.103. The van der Waals surface area contributed by atoms with Crippen LogP contribution in [0.15, 0.2) is 15.9 Å². The second kappa shape index (κ2) is 7.19. The average Bonchev–Trinajstić information content (AvgIpc) is 3.03. The van der Waals surface area contributed by atoms with Crippen LogP contribution in [0.5, 0.6) is 0 Å². The third-order valence-electron chi connectivity index (χ3n) is 3.27. The maximum absolute atomic E-state index is 12.1. The number of thiazole rings is 1. The average molecular weight is 409 g/mol. The van der Waals surface area contributed by atoms with Gasteiger partial charge in [-0.25, -0.2) is 4.98 Å². The van der Waals surface area contributed by atoms with Gasteiger partial charge in [0.2, 0.25) is 0 Å². The van der Waals surface area contributed by atoms with Crippen LogP contribution < -0.4 is 5.32 Å². The van der Waals surface area contributed by atoms with Crippen LogP contribution in [0.2, 0.25) is 0 Å². The van der Waals surface area contributed by atoms with Gasteiger partial charge in [0.1, 0.15) is 0 Å². The first-order chi connectivity index (χ1) is 9.65. The van der Waals surface area contributed by atoms with E-state index in [9.17, 15) is 4.79 Å². The molecule has 0 spiro atoms. The Labute approximate surface area is 146 Å². The summed E-state index contributed by atoms with van der Waals surface area (Å²) < 4.78 is 0.958. The molecule has 21 heavy (non-hydrogen) atoms. The molecule has 0 saturated carbocycles. The third-order valence-corrected chi connectivity index (χ3v) is 5.90. The molecular weight excluding hydrogens is 394 g/mol. The van der Waals surface area contributed by atoms with E-state index in [0.717, 1.165) is 35.5 Å². The summed E-state index contributed by atoms with van der Waals surface area (Å²) in [6, 6.07) is 3.70. The van der Waals surface area contributed by atoms with Crippen molar-refractivity contribution in [3.8, 4) is 0 Å². The Balaban J connectivity index is 0.00000161. The summed E-state index contributed by atoms with van der Waals surface area (Å²) >= 11 is 6.39. The van der Waals surface area contributed by atoms with Crippen molar-refractivity contribution in [1.82, 2.24) is 9.88 Å². The second-order valence-corrected chi connectivity index (χ2v) is 8.11. The molecule has 2 aromatic rings. The van der Waals surface area contributed by atoms with Crippen LogP contribution >= 0.6 is 51.0 Å². The van der Waals surface area contributed by atoms with Crippen molar-refractivity contribution in [2.45, 2.75) is 19.9 Å². The maximum Gasteiger partial charge on any atom is 0.267 e. The van der Waals surface area contributed by atoms with Gasteiger partial charge in [-0.3, -0.25) is 15.0 Å². The largest absolute Gasteiger partial charge is 0.298 e. The molecule has 0 saturated heterocycles. The predicted molar refractivity (Wildman–Crippen MR) is 94.0 cm³/mol. The highest BCUT2D eigenvalue weighted by Gasteiger charge is 2.20. The Kier molecular flexibility index (Phi) is 5.79. The molecule has 0 aliphatic carbocycles. The van der Waals surface area contributed by atoms with Crippen LogP contribution in [-0.4, -0.2) is 28.9 Å². The lowest BCUT2D eigenvalue weighted by Crippen LogP contribution is -2.29. The van der Waals surface area contributed by atoms with Gasteiger partial charge in [-0.05, 0) is 34.6 Å². The first-order valence-electron chi connectivity index (χ1n) is 6.43. The number of thiophene rings is 1. The lowest BCUT2D eigenvalue weighted by Gasteiger charge is -2.23. The topological polar surface area (TPSA) is 45.2 Å². The second-order valence-electron chi connectivity index (χ2n) is 4.57. The molecule has 0 atom stereocenters. The Hall–Kier alpha value is -0.470. The van der Waals surface area contributed by atoms with Gasteiger partial charge < -0.3 is 0 Å². The summed E-state index contributed by atoms with van der Waals surface area (Å²) in [6.45, 7) is 5.23. The molecule has 114 valence electrons. The van der Waals surface area contributed by atoms with E-state index in [1.807, 2.05) is 12.1 Å².